The van der Waals surface area contributed by atoms with Gasteiger partial charge >= 0.3 is 5.97 Å². The fourth-order valence-electron chi connectivity index (χ4n) is 2.12. The summed E-state index contributed by atoms with van der Waals surface area (Å²) in [5, 5.41) is 17.9. The molecule has 0 aliphatic carbocycles. The molecule has 0 unspecified atom stereocenters. The zero-order chi connectivity index (χ0) is 18.9. The second-order valence-corrected chi connectivity index (χ2v) is 5.44. The van der Waals surface area contributed by atoms with Crippen LogP contribution in [0.5, 0.6) is 11.5 Å². The molecule has 2 aromatic rings. The van der Waals surface area contributed by atoms with Gasteiger partial charge in [0.25, 0.3) is 0 Å². The lowest BCUT2D eigenvalue weighted by Gasteiger charge is -2.06. The van der Waals surface area contributed by atoms with Crippen molar-refractivity contribution >= 4 is 23.6 Å². The maximum Gasteiger partial charge on any atom is 0.338 e. The Kier molecular flexibility index (Phi) is 6.84. The number of azo groups is 1. The number of methoxy groups -OCH3 is 1. The molecule has 7 heteroatoms. The van der Waals surface area contributed by atoms with Crippen LogP contribution in [0.25, 0.3) is 0 Å². The molecule has 2 aromatic carbocycles. The van der Waals surface area contributed by atoms with Gasteiger partial charge in [-0.1, -0.05) is 19.4 Å². The molecule has 0 aromatic heterocycles. The van der Waals surface area contributed by atoms with E-state index in [1.807, 2.05) is 6.92 Å². The Morgan fingerprint density at radius 3 is 2.65 bits per heavy atom. The first-order valence-corrected chi connectivity index (χ1v) is 8.14. The molecule has 0 saturated heterocycles. The predicted octanol–water partition coefficient (Wildman–Crippen LogP) is 4.59. The van der Waals surface area contributed by atoms with Crippen molar-refractivity contribution in [2.24, 2.45) is 10.2 Å². The molecule has 0 aliphatic heterocycles. The molecule has 1 N–H and O–H groups in total. The average Bonchev–Trinajstić information content (AvgIpc) is 2.67. The highest BCUT2D eigenvalue weighted by molar-refractivity contribution is 5.90. The summed E-state index contributed by atoms with van der Waals surface area (Å²) in [6.45, 7) is 2.39. The van der Waals surface area contributed by atoms with E-state index >= 15 is 0 Å². The Labute approximate surface area is 151 Å². The number of ether oxygens (including phenoxy) is 2. The second-order valence-electron chi connectivity index (χ2n) is 5.44. The molecule has 0 spiro atoms. The van der Waals surface area contributed by atoms with Crippen molar-refractivity contribution in [1.82, 2.24) is 0 Å². The van der Waals surface area contributed by atoms with Crippen LogP contribution >= 0.6 is 0 Å². The molecule has 0 atom stereocenters. The molecule has 7 nitrogen and oxygen atoms in total. The summed E-state index contributed by atoms with van der Waals surface area (Å²) < 4.78 is 10.2. The predicted molar refractivity (Wildman–Crippen MR) is 95.9 cm³/mol. The van der Waals surface area contributed by atoms with Gasteiger partial charge in [0.1, 0.15) is 0 Å². The minimum absolute atomic E-state index is 0.0477. The zero-order valence-corrected chi connectivity index (χ0v) is 14.6. The normalized spacial score (nSPS) is 10.7. The molecule has 0 amide bonds. The van der Waals surface area contributed by atoms with Crippen LogP contribution in [0.15, 0.2) is 46.6 Å². The maximum absolute atomic E-state index is 12.0. The Morgan fingerprint density at radius 1 is 1.19 bits per heavy atom. The number of esters is 1. The van der Waals surface area contributed by atoms with Crippen LogP contribution in [0.4, 0.5) is 11.4 Å². The van der Waals surface area contributed by atoms with Crippen molar-refractivity contribution in [3.8, 4) is 11.5 Å². The van der Waals surface area contributed by atoms with Crippen LogP contribution in [0.2, 0.25) is 0 Å². The number of hydrogen-bond donors (Lipinski definition) is 1. The molecule has 136 valence electrons. The van der Waals surface area contributed by atoms with Gasteiger partial charge in [0.15, 0.2) is 17.8 Å². The van der Waals surface area contributed by atoms with Crippen molar-refractivity contribution in [3.63, 3.8) is 0 Å². The van der Waals surface area contributed by atoms with E-state index in [0.717, 1.165) is 12.8 Å². The average molecular weight is 356 g/mol. The van der Waals surface area contributed by atoms with E-state index in [2.05, 4.69) is 10.2 Å². The number of rotatable bonds is 8. The van der Waals surface area contributed by atoms with Gasteiger partial charge in [-0.05, 0) is 30.7 Å². The molecule has 0 aliphatic rings. The SMILES string of the molecule is CCCCOC(=O)c1cccc(N=Nc2cc(C=O)c(O)c(OC)c2)c1. The highest BCUT2D eigenvalue weighted by Crippen LogP contribution is 2.34. The standard InChI is InChI=1S/C19H20N2O5/c1-3-4-8-26-19(24)13-6-5-7-15(9-13)20-21-16-10-14(12-22)18(23)17(11-16)25-2/h5-7,9-12,23H,3-4,8H2,1-2H3. The summed E-state index contributed by atoms with van der Waals surface area (Å²) in [4.78, 5) is 23.0. The Morgan fingerprint density at radius 2 is 1.96 bits per heavy atom. The summed E-state index contributed by atoms with van der Waals surface area (Å²) in [7, 11) is 1.37. The van der Waals surface area contributed by atoms with Crippen LogP contribution in [0.1, 0.15) is 40.5 Å². The van der Waals surface area contributed by atoms with Gasteiger partial charge in [-0.25, -0.2) is 4.79 Å². The maximum atomic E-state index is 12.0. The van der Waals surface area contributed by atoms with Crippen LogP contribution < -0.4 is 4.74 Å². The highest BCUT2D eigenvalue weighted by Gasteiger charge is 2.10. The number of nitrogens with zero attached hydrogens (tertiary/aromatic N) is 2. The molecule has 0 heterocycles. The molecule has 26 heavy (non-hydrogen) atoms. The smallest absolute Gasteiger partial charge is 0.338 e. The topological polar surface area (TPSA) is 97.6 Å². The van der Waals surface area contributed by atoms with E-state index in [1.165, 1.54) is 19.2 Å². The number of phenols is 1. The summed E-state index contributed by atoms with van der Waals surface area (Å²) in [5.74, 6) is -0.542. The molecule has 0 bridgehead atoms. The minimum atomic E-state index is -0.412. The lowest BCUT2D eigenvalue weighted by atomic mass is 10.2. The number of phenolic OH excluding ortho intramolecular Hbond substituents is 1. The number of aldehydes is 1. The quantitative estimate of drug-likeness (QED) is 0.323. The Bertz CT molecular complexity index is 818. The van der Waals surface area contributed by atoms with E-state index in [-0.39, 0.29) is 17.1 Å². The fourth-order valence-corrected chi connectivity index (χ4v) is 2.12. The van der Waals surface area contributed by atoms with E-state index < -0.39 is 5.97 Å². The monoisotopic (exact) mass is 356 g/mol. The second kappa shape index (κ2) is 9.31. The van der Waals surface area contributed by atoms with Gasteiger partial charge in [-0.15, -0.1) is 0 Å². The lowest BCUT2D eigenvalue weighted by Crippen LogP contribution is -2.05. The van der Waals surface area contributed by atoms with Crippen molar-refractivity contribution in [2.75, 3.05) is 13.7 Å². The van der Waals surface area contributed by atoms with Crippen molar-refractivity contribution in [1.29, 1.82) is 0 Å². The number of unbranched alkanes of at least 4 members (excludes halogenated alkanes) is 1. The number of benzene rings is 2. The van der Waals surface area contributed by atoms with Crippen molar-refractivity contribution in [3.05, 3.63) is 47.5 Å². The summed E-state index contributed by atoms with van der Waals surface area (Å²) in [5.41, 5.74) is 1.22. The van der Waals surface area contributed by atoms with Crippen molar-refractivity contribution in [2.45, 2.75) is 19.8 Å². The number of aromatic hydroxyl groups is 1. The first kappa shape index (κ1) is 19.1. The van der Waals surface area contributed by atoms with Gasteiger partial charge in [-0.2, -0.15) is 10.2 Å². The number of carbonyl (C=O) groups is 2. The van der Waals surface area contributed by atoms with Gasteiger partial charge in [0, 0.05) is 6.07 Å². The zero-order valence-electron chi connectivity index (χ0n) is 14.6. The molecular weight excluding hydrogens is 336 g/mol. The summed E-state index contributed by atoms with van der Waals surface area (Å²) in [6.07, 6.45) is 2.26. The van der Waals surface area contributed by atoms with E-state index in [4.69, 9.17) is 9.47 Å². The minimum Gasteiger partial charge on any atom is -0.504 e. The lowest BCUT2D eigenvalue weighted by molar-refractivity contribution is 0.0499. The van der Waals surface area contributed by atoms with Gasteiger partial charge in [0.05, 0.1) is 36.2 Å². The van der Waals surface area contributed by atoms with Gasteiger partial charge in [0.2, 0.25) is 0 Å². The van der Waals surface area contributed by atoms with Crippen LogP contribution in [-0.4, -0.2) is 31.1 Å². The number of hydrogen-bond acceptors (Lipinski definition) is 7. The third kappa shape index (κ3) is 4.89. The first-order valence-electron chi connectivity index (χ1n) is 8.14. The molecule has 2 rings (SSSR count). The van der Waals surface area contributed by atoms with Gasteiger partial charge in [-0.3, -0.25) is 4.79 Å². The van der Waals surface area contributed by atoms with E-state index in [0.29, 0.717) is 29.8 Å². The van der Waals surface area contributed by atoms with Crippen LogP contribution in [-0.2, 0) is 4.74 Å². The molecule has 0 saturated carbocycles. The fraction of sp³-hybridized carbons (Fsp3) is 0.263. The summed E-state index contributed by atoms with van der Waals surface area (Å²) >= 11 is 0. The first-order chi connectivity index (χ1) is 12.6. The highest BCUT2D eigenvalue weighted by atomic mass is 16.5. The largest absolute Gasteiger partial charge is 0.504 e. The van der Waals surface area contributed by atoms with Crippen molar-refractivity contribution < 1.29 is 24.2 Å². The van der Waals surface area contributed by atoms with E-state index in [9.17, 15) is 14.7 Å². The van der Waals surface area contributed by atoms with E-state index in [1.54, 1.807) is 24.3 Å². The summed E-state index contributed by atoms with van der Waals surface area (Å²) in [6, 6.07) is 9.41. The van der Waals surface area contributed by atoms with Crippen LogP contribution in [0.3, 0.4) is 0 Å². The third-order valence-corrected chi connectivity index (χ3v) is 3.53. The van der Waals surface area contributed by atoms with Gasteiger partial charge < -0.3 is 14.6 Å². The molecular formula is C19H20N2O5. The number of carbonyl (C=O) groups excluding carboxylic acids is 2. The Hall–Kier alpha value is -3.22. The Balaban J connectivity index is 2.19. The molecule has 0 fully saturated rings. The van der Waals surface area contributed by atoms with Crippen LogP contribution in [0, 0.1) is 0 Å². The molecule has 0 radical (unpaired) electrons. The third-order valence-electron chi connectivity index (χ3n) is 3.53.